The highest BCUT2D eigenvalue weighted by Gasteiger charge is 2.47. The fourth-order valence-corrected chi connectivity index (χ4v) is 4.80. The molecule has 1 heterocycles. The summed E-state index contributed by atoms with van der Waals surface area (Å²) in [4.78, 5) is 28.5. The minimum Gasteiger partial charge on any atom is -0.507 e. The predicted molar refractivity (Wildman–Crippen MR) is 139 cm³/mol. The summed E-state index contributed by atoms with van der Waals surface area (Å²) in [5.74, 6) is -0.655. The normalized spacial score (nSPS) is 17.3. The number of nitrogens with zero attached hydrogens (tertiary/aromatic N) is 1. The van der Waals surface area contributed by atoms with Gasteiger partial charge in [0.15, 0.2) is 0 Å². The van der Waals surface area contributed by atoms with Crippen molar-refractivity contribution in [3.05, 3.63) is 99.6 Å². The Hall–Kier alpha value is -3.86. The van der Waals surface area contributed by atoms with Gasteiger partial charge in [-0.05, 0) is 67.1 Å². The van der Waals surface area contributed by atoms with Crippen LogP contribution >= 0.6 is 0 Å². The van der Waals surface area contributed by atoms with Gasteiger partial charge in [0.2, 0.25) is 0 Å². The zero-order valence-corrected chi connectivity index (χ0v) is 21.0. The first-order valence-electron chi connectivity index (χ1n) is 11.8. The maximum atomic E-state index is 13.5. The van der Waals surface area contributed by atoms with Crippen molar-refractivity contribution < 1.29 is 19.4 Å². The summed E-state index contributed by atoms with van der Waals surface area (Å²) in [7, 11) is 1.62. The fraction of sp³-hybridized carbons (Fsp3) is 0.267. The van der Waals surface area contributed by atoms with Crippen molar-refractivity contribution in [3.63, 3.8) is 0 Å². The van der Waals surface area contributed by atoms with E-state index in [4.69, 9.17) is 4.74 Å². The molecular weight excluding hydrogens is 438 g/mol. The third-order valence-electron chi connectivity index (χ3n) is 6.63. The summed E-state index contributed by atoms with van der Waals surface area (Å²) in [6, 6.07) is 18.2. The molecule has 1 atom stereocenters. The van der Waals surface area contributed by atoms with Gasteiger partial charge >= 0.3 is 0 Å². The molecule has 3 aromatic rings. The topological polar surface area (TPSA) is 66.8 Å². The van der Waals surface area contributed by atoms with Crippen molar-refractivity contribution in [1.82, 2.24) is 0 Å². The summed E-state index contributed by atoms with van der Waals surface area (Å²) in [5.41, 5.74) is 5.57. The highest BCUT2D eigenvalue weighted by atomic mass is 16.5. The number of aryl methyl sites for hydroxylation is 3. The Labute approximate surface area is 206 Å². The minimum atomic E-state index is -0.750. The highest BCUT2D eigenvalue weighted by molar-refractivity contribution is 6.51. The summed E-state index contributed by atoms with van der Waals surface area (Å²) in [6.45, 7) is 9.82. The van der Waals surface area contributed by atoms with Gasteiger partial charge in [0, 0.05) is 11.3 Å². The molecule has 5 nitrogen and oxygen atoms in total. The SMILES string of the molecule is COc1cc(C)c(/C(O)=C2\C(=O)C(=O)N(c3ccccc3C)C2c2cccc(C)c2)cc1C(C)C. The smallest absolute Gasteiger partial charge is 0.300 e. The molecule has 4 rings (SSSR count). The molecule has 1 fully saturated rings. The first-order valence-corrected chi connectivity index (χ1v) is 11.8. The van der Waals surface area contributed by atoms with Crippen LogP contribution < -0.4 is 9.64 Å². The second kappa shape index (κ2) is 9.41. The lowest BCUT2D eigenvalue weighted by atomic mass is 9.90. The number of benzene rings is 3. The van der Waals surface area contributed by atoms with Gasteiger partial charge in [0.05, 0.1) is 18.7 Å². The summed E-state index contributed by atoms with van der Waals surface area (Å²) >= 11 is 0. The van der Waals surface area contributed by atoms with Gasteiger partial charge in [-0.25, -0.2) is 0 Å². The molecule has 5 heteroatoms. The second-order valence-electron chi connectivity index (χ2n) is 9.43. The van der Waals surface area contributed by atoms with E-state index in [1.165, 1.54) is 4.90 Å². The van der Waals surface area contributed by atoms with Crippen molar-refractivity contribution in [2.45, 2.75) is 46.6 Å². The number of rotatable bonds is 5. The number of carbonyl (C=O) groups is 2. The van der Waals surface area contributed by atoms with Crippen molar-refractivity contribution in [2.75, 3.05) is 12.0 Å². The first-order chi connectivity index (χ1) is 16.6. The predicted octanol–water partition coefficient (Wildman–Crippen LogP) is 6.37. The van der Waals surface area contributed by atoms with Crippen molar-refractivity contribution in [2.24, 2.45) is 0 Å². The van der Waals surface area contributed by atoms with Crippen LogP contribution in [0.15, 0.2) is 66.2 Å². The molecule has 1 unspecified atom stereocenters. The van der Waals surface area contributed by atoms with E-state index in [0.717, 1.165) is 33.6 Å². The van der Waals surface area contributed by atoms with Crippen molar-refractivity contribution >= 4 is 23.1 Å². The van der Waals surface area contributed by atoms with Crippen LogP contribution in [0.3, 0.4) is 0 Å². The molecule has 1 aliphatic heterocycles. The molecule has 0 spiro atoms. The Bertz CT molecular complexity index is 1350. The molecule has 0 saturated carbocycles. The number of aliphatic hydroxyl groups is 1. The van der Waals surface area contributed by atoms with Crippen LogP contribution in [0.25, 0.3) is 5.76 Å². The average Bonchev–Trinajstić information content (AvgIpc) is 3.09. The molecule has 0 radical (unpaired) electrons. The lowest BCUT2D eigenvalue weighted by molar-refractivity contribution is -0.132. The van der Waals surface area contributed by atoms with Crippen molar-refractivity contribution in [1.29, 1.82) is 0 Å². The van der Waals surface area contributed by atoms with Crippen LogP contribution in [0.5, 0.6) is 5.75 Å². The first kappa shape index (κ1) is 24.3. The summed E-state index contributed by atoms with van der Waals surface area (Å²) in [6.07, 6.45) is 0. The zero-order valence-electron chi connectivity index (χ0n) is 21.0. The lowest BCUT2D eigenvalue weighted by Crippen LogP contribution is -2.30. The molecule has 1 N–H and O–H groups in total. The Morgan fingerprint density at radius 2 is 1.66 bits per heavy atom. The van der Waals surface area contributed by atoms with Crippen LogP contribution in [0, 0.1) is 20.8 Å². The van der Waals surface area contributed by atoms with Crippen LogP contribution in [0.4, 0.5) is 5.69 Å². The number of hydrogen-bond donors (Lipinski definition) is 1. The van der Waals surface area contributed by atoms with Gasteiger partial charge in [0.25, 0.3) is 11.7 Å². The van der Waals surface area contributed by atoms with E-state index in [0.29, 0.717) is 11.3 Å². The number of anilines is 1. The van der Waals surface area contributed by atoms with Gasteiger partial charge < -0.3 is 9.84 Å². The van der Waals surface area contributed by atoms with Crippen LogP contribution in [-0.2, 0) is 9.59 Å². The lowest BCUT2D eigenvalue weighted by Gasteiger charge is -2.27. The van der Waals surface area contributed by atoms with E-state index in [2.05, 4.69) is 0 Å². The van der Waals surface area contributed by atoms with E-state index >= 15 is 0 Å². The Balaban J connectivity index is 2.01. The van der Waals surface area contributed by atoms with E-state index in [1.807, 2.05) is 95.3 Å². The maximum absolute atomic E-state index is 13.5. The standard InChI is InChI=1S/C30H31NO4/c1-17(2)22-16-23(20(5)15-25(22)35-6)28(32)26-27(21-12-9-10-18(3)14-21)31(30(34)29(26)33)24-13-8-7-11-19(24)4/h7-17,27,32H,1-6H3/b28-26+. The van der Waals surface area contributed by atoms with E-state index in [1.54, 1.807) is 7.11 Å². The molecule has 180 valence electrons. The zero-order chi connectivity index (χ0) is 25.4. The molecule has 1 saturated heterocycles. The van der Waals surface area contributed by atoms with Gasteiger partial charge in [-0.2, -0.15) is 0 Å². The molecule has 3 aromatic carbocycles. The third kappa shape index (κ3) is 4.23. The molecule has 0 bridgehead atoms. The number of methoxy groups -OCH3 is 1. The maximum Gasteiger partial charge on any atom is 0.300 e. The molecular formula is C30H31NO4. The number of Topliss-reactive ketones (excluding diaryl/α,β-unsaturated/α-hetero) is 1. The Morgan fingerprint density at radius 3 is 2.29 bits per heavy atom. The Kier molecular flexibility index (Phi) is 6.53. The number of amides is 1. The van der Waals surface area contributed by atoms with Gasteiger partial charge in [-0.15, -0.1) is 0 Å². The van der Waals surface area contributed by atoms with Gasteiger partial charge in [0.1, 0.15) is 11.5 Å². The summed E-state index contributed by atoms with van der Waals surface area (Å²) < 4.78 is 5.55. The van der Waals surface area contributed by atoms with Crippen molar-refractivity contribution in [3.8, 4) is 5.75 Å². The van der Waals surface area contributed by atoms with E-state index < -0.39 is 17.7 Å². The summed E-state index contributed by atoms with van der Waals surface area (Å²) in [5, 5.41) is 11.6. The highest BCUT2D eigenvalue weighted by Crippen LogP contribution is 2.44. The van der Waals surface area contributed by atoms with Crippen LogP contribution in [0.2, 0.25) is 0 Å². The number of ether oxygens (including phenoxy) is 1. The number of hydrogen-bond acceptors (Lipinski definition) is 4. The number of ketones is 1. The molecule has 35 heavy (non-hydrogen) atoms. The molecule has 1 amide bonds. The molecule has 1 aliphatic rings. The fourth-order valence-electron chi connectivity index (χ4n) is 4.80. The quantitative estimate of drug-likeness (QED) is 0.268. The van der Waals surface area contributed by atoms with Crippen LogP contribution in [0.1, 0.15) is 59.2 Å². The van der Waals surface area contributed by atoms with Gasteiger partial charge in [-0.3, -0.25) is 14.5 Å². The number of para-hydroxylation sites is 1. The third-order valence-corrected chi connectivity index (χ3v) is 6.63. The van der Waals surface area contributed by atoms with E-state index in [-0.39, 0.29) is 17.3 Å². The average molecular weight is 470 g/mol. The molecule has 0 aromatic heterocycles. The van der Waals surface area contributed by atoms with Crippen LogP contribution in [-0.4, -0.2) is 23.9 Å². The largest absolute Gasteiger partial charge is 0.507 e. The minimum absolute atomic E-state index is 0.0897. The second-order valence-corrected chi connectivity index (χ2v) is 9.43. The number of carbonyl (C=O) groups excluding carboxylic acids is 2. The molecule has 0 aliphatic carbocycles. The number of aliphatic hydroxyl groups excluding tert-OH is 1. The Morgan fingerprint density at radius 1 is 0.943 bits per heavy atom. The van der Waals surface area contributed by atoms with E-state index in [9.17, 15) is 14.7 Å². The van der Waals surface area contributed by atoms with Gasteiger partial charge in [-0.1, -0.05) is 61.9 Å². The monoisotopic (exact) mass is 469 g/mol.